The Bertz CT molecular complexity index is 1260. The van der Waals surface area contributed by atoms with Crippen molar-refractivity contribution in [3.8, 4) is 0 Å². The van der Waals surface area contributed by atoms with Crippen molar-refractivity contribution < 1.29 is 31.2 Å². The van der Waals surface area contributed by atoms with Gasteiger partial charge in [-0.1, -0.05) is 48.4 Å². The van der Waals surface area contributed by atoms with Crippen LogP contribution in [0.5, 0.6) is 0 Å². The molecule has 2 amide bonds. The molecule has 0 aromatic heterocycles. The van der Waals surface area contributed by atoms with E-state index < -0.39 is 57.4 Å². The highest BCUT2D eigenvalue weighted by molar-refractivity contribution is 7.92. The van der Waals surface area contributed by atoms with Crippen LogP contribution in [0.3, 0.4) is 0 Å². The predicted molar refractivity (Wildman–Crippen MR) is 142 cm³/mol. The number of aryl methyl sites for hydroxylation is 1. The number of anilines is 1. The Labute approximate surface area is 227 Å². The Kier molecular flexibility index (Phi) is 9.88. The molecule has 0 radical (unpaired) electrons. The van der Waals surface area contributed by atoms with Crippen molar-refractivity contribution in [3.05, 3.63) is 64.2 Å². The lowest BCUT2D eigenvalue weighted by Crippen LogP contribution is -2.55. The number of nitrogens with one attached hydrogen (secondary N) is 1. The Hall–Kier alpha value is -2.79. The number of carbonyl (C=O) groups excluding carboxylic acids is 2. The van der Waals surface area contributed by atoms with Gasteiger partial charge in [-0.2, -0.15) is 13.2 Å². The molecule has 0 heterocycles. The first-order valence-corrected chi connectivity index (χ1v) is 14.1. The number of halogens is 4. The van der Waals surface area contributed by atoms with Crippen LogP contribution in [-0.2, 0) is 32.3 Å². The summed E-state index contributed by atoms with van der Waals surface area (Å²) in [5.74, 6) is -1.22. The first-order chi connectivity index (χ1) is 17.3. The standard InChI is InChI=1S/C26H33ClF3N3O4S/c1-7-21(24(35)31-25(3,4)5)32(15-18-10-8-17(2)9-11-18)23(34)16-33(38(6,36)37)22-14-19(26(28,29)30)12-13-20(22)27/h8-14,21H,7,15-16H2,1-6H3,(H,31,35)/t21-/m0/s1. The van der Waals surface area contributed by atoms with Crippen molar-refractivity contribution in [2.45, 2.75) is 65.3 Å². The number of rotatable bonds is 9. The molecular weight excluding hydrogens is 543 g/mol. The van der Waals surface area contributed by atoms with E-state index in [-0.39, 0.29) is 18.0 Å². The third-order valence-electron chi connectivity index (χ3n) is 5.58. The molecule has 12 heteroatoms. The van der Waals surface area contributed by atoms with Crippen LogP contribution in [0.4, 0.5) is 18.9 Å². The fourth-order valence-corrected chi connectivity index (χ4v) is 4.86. The zero-order valence-corrected chi connectivity index (χ0v) is 23.8. The lowest BCUT2D eigenvalue weighted by atomic mass is 10.1. The molecule has 0 aliphatic heterocycles. The van der Waals surface area contributed by atoms with Gasteiger partial charge in [-0.05, 0) is 57.9 Å². The SMILES string of the molecule is CC[C@@H](C(=O)NC(C)(C)C)N(Cc1ccc(C)cc1)C(=O)CN(c1cc(C(F)(F)F)ccc1Cl)S(C)(=O)=O. The zero-order chi connectivity index (χ0) is 29.1. The second-order valence-electron chi connectivity index (χ2n) is 10.1. The Morgan fingerprint density at radius 3 is 2.11 bits per heavy atom. The summed E-state index contributed by atoms with van der Waals surface area (Å²) < 4.78 is 66.0. The summed E-state index contributed by atoms with van der Waals surface area (Å²) in [4.78, 5) is 28.1. The van der Waals surface area contributed by atoms with Crippen molar-refractivity contribution in [1.82, 2.24) is 10.2 Å². The number of sulfonamides is 1. The molecule has 38 heavy (non-hydrogen) atoms. The monoisotopic (exact) mass is 575 g/mol. The van der Waals surface area contributed by atoms with Crippen LogP contribution in [0.15, 0.2) is 42.5 Å². The predicted octanol–water partition coefficient (Wildman–Crippen LogP) is 5.16. The smallest absolute Gasteiger partial charge is 0.350 e. The van der Waals surface area contributed by atoms with Gasteiger partial charge in [-0.3, -0.25) is 13.9 Å². The van der Waals surface area contributed by atoms with Crippen LogP contribution < -0.4 is 9.62 Å². The maximum Gasteiger partial charge on any atom is 0.416 e. The molecule has 0 aliphatic rings. The van der Waals surface area contributed by atoms with Gasteiger partial charge in [0.25, 0.3) is 0 Å². The molecule has 0 bridgehead atoms. The Morgan fingerprint density at radius 1 is 1.05 bits per heavy atom. The van der Waals surface area contributed by atoms with Crippen LogP contribution in [0.25, 0.3) is 0 Å². The van der Waals surface area contributed by atoms with Crippen molar-refractivity contribution in [1.29, 1.82) is 0 Å². The molecule has 0 unspecified atom stereocenters. The quantitative estimate of drug-likeness (QED) is 0.448. The van der Waals surface area contributed by atoms with E-state index in [0.717, 1.165) is 24.0 Å². The van der Waals surface area contributed by atoms with Gasteiger partial charge in [0, 0.05) is 12.1 Å². The molecular formula is C26H33ClF3N3O4S. The fourth-order valence-electron chi connectivity index (χ4n) is 3.74. The molecule has 0 saturated carbocycles. The molecule has 2 aromatic carbocycles. The van der Waals surface area contributed by atoms with E-state index in [1.54, 1.807) is 39.8 Å². The van der Waals surface area contributed by atoms with E-state index in [4.69, 9.17) is 11.6 Å². The van der Waals surface area contributed by atoms with Crippen LogP contribution in [0.2, 0.25) is 5.02 Å². The minimum atomic E-state index is -4.76. The number of hydrogen-bond donors (Lipinski definition) is 1. The Morgan fingerprint density at radius 2 is 1.63 bits per heavy atom. The Balaban J connectivity index is 2.56. The average Bonchev–Trinajstić information content (AvgIpc) is 2.76. The van der Waals surface area contributed by atoms with Crippen molar-refractivity contribution in [3.63, 3.8) is 0 Å². The molecule has 1 N–H and O–H groups in total. The summed E-state index contributed by atoms with van der Waals surface area (Å²) in [5.41, 5.74) is -0.543. The molecule has 2 aromatic rings. The molecule has 0 fully saturated rings. The first-order valence-electron chi connectivity index (χ1n) is 11.8. The summed E-state index contributed by atoms with van der Waals surface area (Å²) >= 11 is 6.11. The van der Waals surface area contributed by atoms with Gasteiger partial charge in [0.15, 0.2) is 0 Å². The van der Waals surface area contributed by atoms with Crippen molar-refractivity contribution >= 4 is 39.1 Å². The normalized spacial score (nSPS) is 13.1. The second-order valence-corrected chi connectivity index (χ2v) is 12.4. The minimum absolute atomic E-state index is 0.0247. The number of alkyl halides is 3. The van der Waals surface area contributed by atoms with Crippen molar-refractivity contribution in [2.75, 3.05) is 17.1 Å². The van der Waals surface area contributed by atoms with Crippen LogP contribution >= 0.6 is 11.6 Å². The molecule has 0 aliphatic carbocycles. The van der Waals surface area contributed by atoms with E-state index in [0.29, 0.717) is 15.9 Å². The highest BCUT2D eigenvalue weighted by atomic mass is 35.5. The summed E-state index contributed by atoms with van der Waals surface area (Å²) in [6.45, 7) is 8.07. The van der Waals surface area contributed by atoms with E-state index in [2.05, 4.69) is 5.32 Å². The number of hydrogen-bond acceptors (Lipinski definition) is 4. The lowest BCUT2D eigenvalue weighted by Gasteiger charge is -2.34. The van der Waals surface area contributed by atoms with E-state index in [1.165, 1.54) is 4.90 Å². The summed E-state index contributed by atoms with van der Waals surface area (Å²) in [5, 5.41) is 2.56. The van der Waals surface area contributed by atoms with Gasteiger partial charge in [-0.25, -0.2) is 8.42 Å². The van der Waals surface area contributed by atoms with E-state index >= 15 is 0 Å². The lowest BCUT2D eigenvalue weighted by molar-refractivity contribution is -0.141. The zero-order valence-electron chi connectivity index (χ0n) is 22.2. The van der Waals surface area contributed by atoms with Gasteiger partial charge in [-0.15, -0.1) is 0 Å². The van der Waals surface area contributed by atoms with Crippen molar-refractivity contribution in [2.24, 2.45) is 0 Å². The van der Waals surface area contributed by atoms with Crippen LogP contribution in [0, 0.1) is 6.92 Å². The first kappa shape index (κ1) is 31.4. The van der Waals surface area contributed by atoms with Gasteiger partial charge in [0.05, 0.1) is 22.5 Å². The van der Waals surface area contributed by atoms with Crippen LogP contribution in [0.1, 0.15) is 50.8 Å². The molecule has 0 saturated heterocycles. The molecule has 7 nitrogen and oxygen atoms in total. The maximum atomic E-state index is 13.7. The number of nitrogens with zero attached hydrogens (tertiary/aromatic N) is 2. The van der Waals surface area contributed by atoms with Gasteiger partial charge < -0.3 is 10.2 Å². The van der Waals surface area contributed by atoms with Gasteiger partial charge >= 0.3 is 6.18 Å². The third-order valence-corrected chi connectivity index (χ3v) is 7.03. The van der Waals surface area contributed by atoms with Gasteiger partial charge in [0.2, 0.25) is 21.8 Å². The second kappa shape index (κ2) is 11.9. The molecule has 210 valence electrons. The topological polar surface area (TPSA) is 86.8 Å². The maximum absolute atomic E-state index is 13.7. The largest absolute Gasteiger partial charge is 0.416 e. The minimum Gasteiger partial charge on any atom is -0.350 e. The van der Waals surface area contributed by atoms with Crippen LogP contribution in [-0.4, -0.2) is 49.5 Å². The van der Waals surface area contributed by atoms with Gasteiger partial charge in [0.1, 0.15) is 12.6 Å². The van der Waals surface area contributed by atoms with E-state index in [9.17, 15) is 31.2 Å². The highest BCUT2D eigenvalue weighted by Gasteiger charge is 2.35. The molecule has 1 atom stereocenters. The third kappa shape index (κ3) is 8.62. The molecule has 2 rings (SSSR count). The summed E-state index contributed by atoms with van der Waals surface area (Å²) in [7, 11) is -4.26. The number of carbonyl (C=O) groups is 2. The van der Waals surface area contributed by atoms with E-state index in [1.807, 2.05) is 19.1 Å². The number of benzene rings is 2. The summed E-state index contributed by atoms with van der Waals surface area (Å²) in [6.07, 6.45) is -3.78. The highest BCUT2D eigenvalue weighted by Crippen LogP contribution is 2.36. The summed E-state index contributed by atoms with van der Waals surface area (Å²) in [6, 6.07) is 8.49. The fraction of sp³-hybridized carbons (Fsp3) is 0.462. The number of amides is 2. The average molecular weight is 576 g/mol. The molecule has 0 spiro atoms.